The SMILES string of the molecule is CN(C)c1ccc([C](O)=[Cr])cc1. The van der Waals surface area contributed by atoms with E-state index >= 15 is 0 Å². The molecule has 1 N–H and O–H groups in total. The van der Waals surface area contributed by atoms with E-state index in [-0.39, 0.29) is 4.57 Å². The van der Waals surface area contributed by atoms with E-state index in [1.54, 1.807) is 0 Å². The van der Waals surface area contributed by atoms with Gasteiger partial charge in [-0.2, -0.15) is 0 Å². The Bertz CT molecular complexity index is 279. The van der Waals surface area contributed by atoms with Crippen LogP contribution in [0.15, 0.2) is 24.3 Å². The standard InChI is InChI=1S/C9H11NO.Cr/c1-10(2)9-5-3-8(7-11)4-6-9;/h3-6,11H,1-2H3;. The van der Waals surface area contributed by atoms with Gasteiger partial charge in [-0.1, -0.05) is 0 Å². The Balaban J connectivity index is 2.93. The van der Waals surface area contributed by atoms with E-state index in [2.05, 4.69) is 15.9 Å². The van der Waals surface area contributed by atoms with Gasteiger partial charge in [0.1, 0.15) is 0 Å². The molecule has 0 fully saturated rings. The predicted molar refractivity (Wildman–Crippen MR) is 46.8 cm³/mol. The van der Waals surface area contributed by atoms with Crippen molar-refractivity contribution >= 4 is 10.3 Å². The van der Waals surface area contributed by atoms with Crippen LogP contribution in [-0.4, -0.2) is 23.8 Å². The molecule has 1 rings (SSSR count). The Morgan fingerprint density at radius 3 is 2.08 bits per heavy atom. The van der Waals surface area contributed by atoms with E-state index in [0.29, 0.717) is 0 Å². The van der Waals surface area contributed by atoms with E-state index in [4.69, 9.17) is 5.11 Å². The van der Waals surface area contributed by atoms with Gasteiger partial charge < -0.3 is 0 Å². The van der Waals surface area contributed by atoms with E-state index in [1.165, 1.54) is 0 Å². The van der Waals surface area contributed by atoms with Gasteiger partial charge >= 0.3 is 80.0 Å². The van der Waals surface area contributed by atoms with Crippen molar-refractivity contribution < 1.29 is 21.0 Å². The van der Waals surface area contributed by atoms with Crippen molar-refractivity contribution in [3.05, 3.63) is 29.8 Å². The maximum absolute atomic E-state index is 9.10. The Labute approximate surface area is 80.4 Å². The first kappa shape index (κ1) is 9.47. The van der Waals surface area contributed by atoms with E-state index in [1.807, 2.05) is 43.3 Å². The minimum absolute atomic E-state index is 0.236. The molecule has 0 heterocycles. The monoisotopic (exact) mass is 201 g/mol. The van der Waals surface area contributed by atoms with Crippen molar-refractivity contribution in [1.82, 2.24) is 0 Å². The van der Waals surface area contributed by atoms with Crippen LogP contribution in [0.5, 0.6) is 0 Å². The fourth-order valence-corrected chi connectivity index (χ4v) is 1.11. The van der Waals surface area contributed by atoms with E-state index in [0.717, 1.165) is 11.3 Å². The number of aliphatic hydroxyl groups excluding tert-OH is 1. The summed E-state index contributed by atoms with van der Waals surface area (Å²) in [6, 6.07) is 7.67. The first-order chi connectivity index (χ1) is 5.61. The Morgan fingerprint density at radius 1 is 1.25 bits per heavy atom. The zero-order valence-electron chi connectivity index (χ0n) is 7.11. The zero-order chi connectivity index (χ0) is 9.14. The van der Waals surface area contributed by atoms with Gasteiger partial charge in [0.05, 0.1) is 0 Å². The molecular weight excluding hydrogens is 190 g/mol. The van der Waals surface area contributed by atoms with Crippen molar-refractivity contribution in [2.75, 3.05) is 19.0 Å². The molecular formula is C9H11CrNO. The molecule has 0 aliphatic rings. The van der Waals surface area contributed by atoms with Crippen LogP contribution in [0, 0.1) is 0 Å². The second-order valence-electron chi connectivity index (χ2n) is 2.75. The number of anilines is 1. The molecule has 0 bridgehead atoms. The third-order valence-corrected chi connectivity index (χ3v) is 2.00. The number of hydrogen-bond donors (Lipinski definition) is 1. The van der Waals surface area contributed by atoms with Gasteiger partial charge in [0, 0.05) is 0 Å². The predicted octanol–water partition coefficient (Wildman–Crippen LogP) is 1.15. The summed E-state index contributed by atoms with van der Waals surface area (Å²) in [5.74, 6) is 0. The normalized spacial score (nSPS) is 9.58. The van der Waals surface area contributed by atoms with Gasteiger partial charge in [-0.25, -0.2) is 0 Å². The summed E-state index contributed by atoms with van der Waals surface area (Å²) in [6.07, 6.45) is 0. The van der Waals surface area contributed by atoms with Crippen LogP contribution in [0.3, 0.4) is 0 Å². The van der Waals surface area contributed by atoms with Crippen LogP contribution in [0.25, 0.3) is 0 Å². The second-order valence-corrected chi connectivity index (χ2v) is 3.35. The van der Waals surface area contributed by atoms with Gasteiger partial charge in [0.25, 0.3) is 0 Å². The Hall–Kier alpha value is -0.618. The molecule has 0 radical (unpaired) electrons. The molecule has 0 unspecified atom stereocenters. The second kappa shape index (κ2) is 3.86. The molecule has 0 aromatic heterocycles. The molecule has 1 aromatic carbocycles. The molecule has 0 saturated carbocycles. The molecule has 12 heavy (non-hydrogen) atoms. The number of aliphatic hydroxyl groups is 1. The number of benzene rings is 1. The molecule has 0 aliphatic heterocycles. The van der Waals surface area contributed by atoms with Crippen LogP contribution in [0.4, 0.5) is 5.69 Å². The van der Waals surface area contributed by atoms with Crippen molar-refractivity contribution in [3.8, 4) is 0 Å². The Kier molecular flexibility index (Phi) is 3.05. The van der Waals surface area contributed by atoms with Gasteiger partial charge in [0.2, 0.25) is 0 Å². The summed E-state index contributed by atoms with van der Waals surface area (Å²) in [6.45, 7) is 0. The molecule has 0 aliphatic carbocycles. The summed E-state index contributed by atoms with van der Waals surface area (Å²) < 4.78 is 0.236. The topological polar surface area (TPSA) is 23.5 Å². The molecule has 0 atom stereocenters. The number of nitrogens with zero attached hydrogens (tertiary/aromatic N) is 1. The Morgan fingerprint density at radius 2 is 1.75 bits per heavy atom. The fraction of sp³-hybridized carbons (Fsp3) is 0.222. The maximum atomic E-state index is 9.10. The van der Waals surface area contributed by atoms with Crippen LogP contribution >= 0.6 is 0 Å². The van der Waals surface area contributed by atoms with Crippen LogP contribution < -0.4 is 4.90 Å². The fourth-order valence-electron chi connectivity index (χ4n) is 0.902. The van der Waals surface area contributed by atoms with Crippen molar-refractivity contribution in [2.24, 2.45) is 0 Å². The summed E-state index contributed by atoms with van der Waals surface area (Å²) in [5, 5.41) is 9.10. The van der Waals surface area contributed by atoms with E-state index < -0.39 is 0 Å². The average molecular weight is 201 g/mol. The van der Waals surface area contributed by atoms with Crippen LogP contribution in [-0.2, 0) is 15.9 Å². The first-order valence-electron chi connectivity index (χ1n) is 3.62. The van der Waals surface area contributed by atoms with Gasteiger partial charge in [-0.15, -0.1) is 0 Å². The molecule has 0 saturated heterocycles. The molecule has 0 amide bonds. The summed E-state index contributed by atoms with van der Waals surface area (Å²) in [4.78, 5) is 2.01. The van der Waals surface area contributed by atoms with Crippen LogP contribution in [0.1, 0.15) is 5.56 Å². The number of hydrogen-bond acceptors (Lipinski definition) is 2. The quantitative estimate of drug-likeness (QED) is 0.775. The zero-order valence-corrected chi connectivity index (χ0v) is 8.39. The molecule has 3 heteroatoms. The first-order valence-corrected chi connectivity index (χ1v) is 4.25. The third kappa shape index (κ3) is 2.18. The molecule has 64 valence electrons. The van der Waals surface area contributed by atoms with Gasteiger partial charge in [0.15, 0.2) is 0 Å². The molecule has 2 nitrogen and oxygen atoms in total. The summed E-state index contributed by atoms with van der Waals surface area (Å²) >= 11 is 2.56. The summed E-state index contributed by atoms with van der Waals surface area (Å²) in [5.41, 5.74) is 1.95. The minimum atomic E-state index is 0.236. The van der Waals surface area contributed by atoms with Crippen molar-refractivity contribution in [3.63, 3.8) is 0 Å². The summed E-state index contributed by atoms with van der Waals surface area (Å²) in [7, 11) is 3.97. The van der Waals surface area contributed by atoms with Crippen molar-refractivity contribution in [2.45, 2.75) is 0 Å². The number of rotatable bonds is 2. The molecule has 1 aromatic rings. The third-order valence-electron chi connectivity index (χ3n) is 1.63. The van der Waals surface area contributed by atoms with Gasteiger partial charge in [-0.05, 0) is 0 Å². The molecule has 0 spiro atoms. The average Bonchev–Trinajstić information content (AvgIpc) is 2.04. The van der Waals surface area contributed by atoms with E-state index in [9.17, 15) is 0 Å². The van der Waals surface area contributed by atoms with Crippen LogP contribution in [0.2, 0.25) is 0 Å². The van der Waals surface area contributed by atoms with Gasteiger partial charge in [-0.3, -0.25) is 0 Å². The van der Waals surface area contributed by atoms with Crippen molar-refractivity contribution in [1.29, 1.82) is 0 Å².